The predicted octanol–water partition coefficient (Wildman–Crippen LogP) is 4.87. The number of aryl methyl sites for hydroxylation is 1. The Balaban J connectivity index is 0.000000956. The zero-order valence-corrected chi connectivity index (χ0v) is 12.7. The monoisotopic (exact) mass is 285 g/mol. The van der Waals surface area contributed by atoms with Crippen molar-refractivity contribution in [1.29, 1.82) is 0 Å². The summed E-state index contributed by atoms with van der Waals surface area (Å²) < 4.78 is 31.7. The first-order chi connectivity index (χ1) is 9.61. The van der Waals surface area contributed by atoms with E-state index in [9.17, 15) is 8.78 Å². The molecule has 20 heavy (non-hydrogen) atoms. The van der Waals surface area contributed by atoms with Crippen LogP contribution in [0.2, 0.25) is 0 Å². The molecule has 1 saturated carbocycles. The van der Waals surface area contributed by atoms with E-state index in [2.05, 4.69) is 4.98 Å². The van der Waals surface area contributed by atoms with Gasteiger partial charge in [0.15, 0.2) is 0 Å². The Morgan fingerprint density at radius 1 is 1.30 bits per heavy atom. The minimum absolute atomic E-state index is 0.0100. The molecule has 0 atom stereocenters. The van der Waals surface area contributed by atoms with Gasteiger partial charge in [-0.25, -0.2) is 13.8 Å². The van der Waals surface area contributed by atoms with Gasteiger partial charge in [0.05, 0.1) is 6.61 Å². The highest BCUT2D eigenvalue weighted by atomic mass is 19.3. The van der Waals surface area contributed by atoms with Crippen LogP contribution in [-0.2, 0) is 6.42 Å². The number of aromatic nitrogens is 1. The summed E-state index contributed by atoms with van der Waals surface area (Å²) in [5, 5.41) is 0. The standard InChI is InChI=1S/C14H19F2NO.C2H6/c1-2-12-4-3-9-17-13(12)18-10-11-5-7-14(15,16)8-6-11;1-2/h3-4,9,11H,2,5-8,10H2,1H3;1-2H3. The number of ether oxygens (including phenoxy) is 1. The van der Waals surface area contributed by atoms with E-state index in [1.807, 2.05) is 32.9 Å². The van der Waals surface area contributed by atoms with Crippen LogP contribution in [0.15, 0.2) is 18.3 Å². The molecule has 0 aliphatic heterocycles. The highest BCUT2D eigenvalue weighted by molar-refractivity contribution is 5.25. The number of rotatable bonds is 4. The SMILES string of the molecule is CC.CCc1cccnc1OCC1CCC(F)(F)CC1. The summed E-state index contributed by atoms with van der Waals surface area (Å²) in [6.07, 6.45) is 3.63. The Labute approximate surface area is 120 Å². The molecule has 0 bridgehead atoms. The van der Waals surface area contributed by atoms with Crippen LogP contribution < -0.4 is 4.74 Å². The number of hydrogen-bond acceptors (Lipinski definition) is 2. The van der Waals surface area contributed by atoms with Crippen LogP contribution in [0.25, 0.3) is 0 Å². The van der Waals surface area contributed by atoms with Gasteiger partial charge in [0, 0.05) is 24.6 Å². The fourth-order valence-electron chi connectivity index (χ4n) is 2.29. The molecule has 1 heterocycles. The fraction of sp³-hybridized carbons (Fsp3) is 0.688. The lowest BCUT2D eigenvalue weighted by Crippen LogP contribution is -2.27. The highest BCUT2D eigenvalue weighted by Crippen LogP contribution is 2.36. The third-order valence-corrected chi connectivity index (χ3v) is 3.52. The van der Waals surface area contributed by atoms with Gasteiger partial charge in [-0.3, -0.25) is 0 Å². The summed E-state index contributed by atoms with van der Waals surface area (Å²) >= 11 is 0. The second-order valence-electron chi connectivity index (χ2n) is 4.93. The normalized spacial score (nSPS) is 18.1. The van der Waals surface area contributed by atoms with Crippen LogP contribution in [0.4, 0.5) is 8.78 Å². The molecule has 1 fully saturated rings. The second-order valence-corrected chi connectivity index (χ2v) is 4.93. The van der Waals surface area contributed by atoms with E-state index >= 15 is 0 Å². The molecule has 1 aromatic rings. The van der Waals surface area contributed by atoms with Crippen LogP contribution in [0.5, 0.6) is 5.88 Å². The van der Waals surface area contributed by atoms with Gasteiger partial charge in [0.2, 0.25) is 11.8 Å². The number of halogens is 2. The van der Waals surface area contributed by atoms with Gasteiger partial charge in [-0.2, -0.15) is 0 Å². The number of nitrogens with zero attached hydrogens (tertiary/aromatic N) is 1. The number of pyridine rings is 1. The predicted molar refractivity (Wildman–Crippen MR) is 77.4 cm³/mol. The van der Waals surface area contributed by atoms with Crippen LogP contribution in [0, 0.1) is 5.92 Å². The Morgan fingerprint density at radius 2 is 1.95 bits per heavy atom. The maximum atomic E-state index is 13.0. The molecule has 1 aliphatic carbocycles. The highest BCUT2D eigenvalue weighted by Gasteiger charge is 2.35. The molecule has 2 rings (SSSR count). The molecule has 0 radical (unpaired) electrons. The van der Waals surface area contributed by atoms with Gasteiger partial charge >= 0.3 is 0 Å². The molecule has 2 nitrogen and oxygen atoms in total. The van der Waals surface area contributed by atoms with E-state index in [0.717, 1.165) is 12.0 Å². The van der Waals surface area contributed by atoms with Crippen LogP contribution in [-0.4, -0.2) is 17.5 Å². The largest absolute Gasteiger partial charge is 0.477 e. The first-order valence-electron chi connectivity index (χ1n) is 7.55. The van der Waals surface area contributed by atoms with E-state index in [1.165, 1.54) is 0 Å². The molecule has 0 spiro atoms. The molecule has 0 unspecified atom stereocenters. The van der Waals surface area contributed by atoms with Gasteiger partial charge < -0.3 is 4.74 Å². The van der Waals surface area contributed by atoms with E-state index < -0.39 is 5.92 Å². The zero-order chi connectivity index (χ0) is 15.0. The van der Waals surface area contributed by atoms with Crippen molar-refractivity contribution >= 4 is 0 Å². The van der Waals surface area contributed by atoms with Crippen LogP contribution in [0.1, 0.15) is 52.0 Å². The summed E-state index contributed by atoms with van der Waals surface area (Å²) in [6.45, 7) is 6.55. The van der Waals surface area contributed by atoms with E-state index in [-0.39, 0.29) is 18.8 Å². The molecule has 0 saturated heterocycles. The first kappa shape index (κ1) is 16.9. The van der Waals surface area contributed by atoms with Crippen molar-refractivity contribution in [3.63, 3.8) is 0 Å². The van der Waals surface area contributed by atoms with Gasteiger partial charge in [-0.05, 0) is 31.2 Å². The molecular weight excluding hydrogens is 260 g/mol. The lowest BCUT2D eigenvalue weighted by molar-refractivity contribution is -0.0500. The van der Waals surface area contributed by atoms with Gasteiger partial charge in [0.25, 0.3) is 0 Å². The van der Waals surface area contributed by atoms with Crippen molar-refractivity contribution in [2.45, 2.75) is 58.8 Å². The van der Waals surface area contributed by atoms with Crippen molar-refractivity contribution in [1.82, 2.24) is 4.98 Å². The lowest BCUT2D eigenvalue weighted by atomic mass is 9.87. The minimum atomic E-state index is -2.46. The zero-order valence-electron chi connectivity index (χ0n) is 12.7. The molecule has 1 aliphatic rings. The van der Waals surface area contributed by atoms with Crippen molar-refractivity contribution in [3.05, 3.63) is 23.9 Å². The van der Waals surface area contributed by atoms with Crippen LogP contribution >= 0.6 is 0 Å². The summed E-state index contributed by atoms with van der Waals surface area (Å²) in [4.78, 5) is 4.19. The van der Waals surface area contributed by atoms with Gasteiger partial charge in [0.1, 0.15) is 0 Å². The quantitative estimate of drug-likeness (QED) is 0.787. The third kappa shape index (κ3) is 5.06. The van der Waals surface area contributed by atoms with E-state index in [0.29, 0.717) is 25.3 Å². The average molecular weight is 285 g/mol. The van der Waals surface area contributed by atoms with Crippen LogP contribution in [0.3, 0.4) is 0 Å². The van der Waals surface area contributed by atoms with Crippen molar-refractivity contribution in [2.75, 3.05) is 6.61 Å². The fourth-order valence-corrected chi connectivity index (χ4v) is 2.29. The van der Waals surface area contributed by atoms with Crippen molar-refractivity contribution in [2.24, 2.45) is 5.92 Å². The van der Waals surface area contributed by atoms with Gasteiger partial charge in [-0.1, -0.05) is 26.8 Å². The van der Waals surface area contributed by atoms with Gasteiger partial charge in [-0.15, -0.1) is 0 Å². The summed E-state index contributed by atoms with van der Waals surface area (Å²) in [7, 11) is 0. The molecule has 4 heteroatoms. The summed E-state index contributed by atoms with van der Waals surface area (Å²) in [5.41, 5.74) is 1.07. The Bertz CT molecular complexity index is 386. The maximum absolute atomic E-state index is 13.0. The van der Waals surface area contributed by atoms with E-state index in [4.69, 9.17) is 4.74 Å². The molecule has 1 aromatic heterocycles. The first-order valence-corrected chi connectivity index (χ1v) is 7.55. The van der Waals surface area contributed by atoms with Crippen molar-refractivity contribution < 1.29 is 13.5 Å². The molecule has 0 amide bonds. The van der Waals surface area contributed by atoms with E-state index in [1.54, 1.807) is 6.20 Å². The Morgan fingerprint density at radius 3 is 2.55 bits per heavy atom. The average Bonchev–Trinajstić information content (AvgIpc) is 2.48. The third-order valence-electron chi connectivity index (χ3n) is 3.52. The van der Waals surface area contributed by atoms with Crippen molar-refractivity contribution in [3.8, 4) is 5.88 Å². The number of hydrogen-bond donors (Lipinski definition) is 0. The number of alkyl halides is 2. The maximum Gasteiger partial charge on any atom is 0.248 e. The summed E-state index contributed by atoms with van der Waals surface area (Å²) in [5.74, 6) is -1.58. The smallest absolute Gasteiger partial charge is 0.248 e. The molecule has 114 valence electrons. The Kier molecular flexibility index (Phi) is 6.89. The second kappa shape index (κ2) is 8.18. The Hall–Kier alpha value is -1.19. The molecule has 0 N–H and O–H groups in total. The molecular formula is C16H25F2NO. The minimum Gasteiger partial charge on any atom is -0.477 e. The lowest BCUT2D eigenvalue weighted by Gasteiger charge is -2.28. The molecule has 0 aromatic carbocycles. The summed E-state index contributed by atoms with van der Waals surface area (Å²) in [6, 6.07) is 3.87. The topological polar surface area (TPSA) is 22.1 Å².